The lowest BCUT2D eigenvalue weighted by Gasteiger charge is -2.24. The number of halogens is 2. The third-order valence-electron chi connectivity index (χ3n) is 2.69. The molecule has 0 saturated heterocycles. The molecule has 0 aliphatic carbocycles. The summed E-state index contributed by atoms with van der Waals surface area (Å²) in [6.07, 6.45) is 0.754. The molecule has 2 aromatic rings. The summed E-state index contributed by atoms with van der Waals surface area (Å²) in [6.45, 7) is 6.48. The lowest BCUT2D eigenvalue weighted by Crippen LogP contribution is -2.24. The van der Waals surface area contributed by atoms with Gasteiger partial charge in [-0.1, -0.05) is 17.7 Å². The fourth-order valence-electron chi connectivity index (χ4n) is 2.11. The van der Waals surface area contributed by atoms with E-state index in [-0.39, 0.29) is 5.54 Å². The Morgan fingerprint density at radius 3 is 2.59 bits per heavy atom. The second-order valence-corrected chi connectivity index (χ2v) is 5.87. The molecule has 0 amide bonds. The number of para-hydroxylation sites is 1. The molecule has 0 fully saturated rings. The van der Waals surface area contributed by atoms with Crippen molar-refractivity contribution in [2.24, 2.45) is 0 Å². The Kier molecular flexibility index (Phi) is 3.37. The van der Waals surface area contributed by atoms with Crippen LogP contribution in [0.5, 0.6) is 0 Å². The third-order valence-corrected chi connectivity index (χ3v) is 3.19. The smallest absolute Gasteiger partial charge is 0.111 e. The largest absolute Gasteiger partial charge is 0.323 e. The van der Waals surface area contributed by atoms with Crippen molar-refractivity contribution >= 4 is 34.2 Å². The molecule has 0 radical (unpaired) electrons. The molecule has 0 spiro atoms. The van der Waals surface area contributed by atoms with Gasteiger partial charge in [0.15, 0.2) is 0 Å². The highest BCUT2D eigenvalue weighted by Gasteiger charge is 2.21. The van der Waals surface area contributed by atoms with E-state index in [1.54, 1.807) is 0 Å². The Bertz CT molecular complexity index is 538. The summed E-state index contributed by atoms with van der Waals surface area (Å²) in [6, 6.07) is 5.88. The lowest BCUT2D eigenvalue weighted by molar-refractivity contribution is 0.395. The van der Waals surface area contributed by atoms with Crippen LogP contribution in [0.3, 0.4) is 0 Å². The van der Waals surface area contributed by atoms with Gasteiger partial charge in [-0.05, 0) is 32.9 Å². The Hall–Kier alpha value is -0.730. The van der Waals surface area contributed by atoms with Crippen molar-refractivity contribution in [2.75, 3.05) is 5.88 Å². The van der Waals surface area contributed by atoms with E-state index in [2.05, 4.69) is 36.4 Å². The van der Waals surface area contributed by atoms with E-state index in [4.69, 9.17) is 23.2 Å². The molecule has 0 unspecified atom stereocenters. The predicted octanol–water partition coefficient (Wildman–Crippen LogP) is 4.23. The summed E-state index contributed by atoms with van der Waals surface area (Å²) in [4.78, 5) is 4.61. The van der Waals surface area contributed by atoms with Crippen LogP contribution in [0.1, 0.15) is 26.6 Å². The molecule has 2 nitrogen and oxygen atoms in total. The normalized spacial score (nSPS) is 12.3. The van der Waals surface area contributed by atoms with Crippen LogP contribution in [0.2, 0.25) is 5.02 Å². The number of alkyl halides is 1. The molecule has 0 atom stereocenters. The van der Waals surface area contributed by atoms with Crippen LogP contribution in [0, 0.1) is 0 Å². The second kappa shape index (κ2) is 4.51. The molecule has 0 saturated carbocycles. The summed E-state index contributed by atoms with van der Waals surface area (Å²) in [7, 11) is 0. The van der Waals surface area contributed by atoms with E-state index < -0.39 is 0 Å². The van der Waals surface area contributed by atoms with Gasteiger partial charge < -0.3 is 4.57 Å². The van der Waals surface area contributed by atoms with Crippen molar-refractivity contribution in [2.45, 2.75) is 32.7 Å². The quantitative estimate of drug-likeness (QED) is 0.747. The number of rotatable bonds is 2. The second-order valence-electron chi connectivity index (χ2n) is 5.08. The topological polar surface area (TPSA) is 17.8 Å². The fourth-order valence-corrected chi connectivity index (χ4v) is 2.49. The predicted molar refractivity (Wildman–Crippen MR) is 74.2 cm³/mol. The van der Waals surface area contributed by atoms with Gasteiger partial charge in [-0.2, -0.15) is 0 Å². The van der Waals surface area contributed by atoms with Gasteiger partial charge in [-0.25, -0.2) is 4.98 Å². The van der Waals surface area contributed by atoms with Crippen LogP contribution in [0.15, 0.2) is 18.2 Å². The molecular weight excluding hydrogens is 255 g/mol. The Morgan fingerprint density at radius 2 is 2.00 bits per heavy atom. The average Bonchev–Trinajstić information content (AvgIpc) is 2.57. The van der Waals surface area contributed by atoms with Crippen molar-refractivity contribution in [1.29, 1.82) is 0 Å². The number of hydrogen-bond acceptors (Lipinski definition) is 1. The van der Waals surface area contributed by atoms with Crippen LogP contribution in [-0.4, -0.2) is 15.4 Å². The molecule has 17 heavy (non-hydrogen) atoms. The lowest BCUT2D eigenvalue weighted by atomic mass is 10.1. The Balaban J connectivity index is 2.76. The van der Waals surface area contributed by atoms with Gasteiger partial charge in [0.25, 0.3) is 0 Å². The van der Waals surface area contributed by atoms with Crippen molar-refractivity contribution < 1.29 is 0 Å². The van der Waals surface area contributed by atoms with Gasteiger partial charge in [-0.3, -0.25) is 0 Å². The van der Waals surface area contributed by atoms with E-state index in [0.29, 0.717) is 10.9 Å². The first-order valence-electron chi connectivity index (χ1n) is 5.67. The zero-order chi connectivity index (χ0) is 12.6. The molecule has 0 bridgehead atoms. The highest BCUT2D eigenvalue weighted by molar-refractivity contribution is 6.34. The molecule has 0 aliphatic rings. The average molecular weight is 271 g/mol. The maximum Gasteiger partial charge on any atom is 0.111 e. The van der Waals surface area contributed by atoms with Crippen molar-refractivity contribution in [3.63, 3.8) is 0 Å². The van der Waals surface area contributed by atoms with Crippen LogP contribution in [0.4, 0.5) is 0 Å². The number of benzene rings is 1. The van der Waals surface area contributed by atoms with Crippen LogP contribution in [0.25, 0.3) is 11.0 Å². The molecule has 0 aliphatic heterocycles. The molecule has 92 valence electrons. The summed E-state index contributed by atoms with van der Waals surface area (Å²) < 4.78 is 2.22. The highest BCUT2D eigenvalue weighted by Crippen LogP contribution is 2.29. The van der Waals surface area contributed by atoms with E-state index in [9.17, 15) is 0 Å². The van der Waals surface area contributed by atoms with Gasteiger partial charge in [0.05, 0.1) is 10.5 Å². The summed E-state index contributed by atoms with van der Waals surface area (Å²) in [5.41, 5.74) is 1.91. The molecule has 1 aromatic carbocycles. The van der Waals surface area contributed by atoms with E-state index in [1.165, 1.54) is 0 Å². The molecule has 0 N–H and O–H groups in total. The molecule has 4 heteroatoms. The van der Waals surface area contributed by atoms with Gasteiger partial charge >= 0.3 is 0 Å². The first-order valence-corrected chi connectivity index (χ1v) is 6.58. The van der Waals surface area contributed by atoms with Crippen LogP contribution >= 0.6 is 23.2 Å². The number of nitrogens with zero attached hydrogens (tertiary/aromatic N) is 2. The first kappa shape index (κ1) is 12.7. The number of aromatic nitrogens is 2. The maximum absolute atomic E-state index is 6.18. The Morgan fingerprint density at radius 1 is 1.29 bits per heavy atom. The number of fused-ring (bicyclic) bond motifs is 1. The molecule has 1 aromatic heterocycles. The molecular formula is C13H16Cl2N2. The molecule has 1 heterocycles. The number of imidazole rings is 1. The zero-order valence-electron chi connectivity index (χ0n) is 10.3. The molecule has 2 rings (SSSR count). The standard InChI is InChI=1S/C13H16Cl2N2/c1-13(2,3)17-10-6-4-5-9(15)12(10)16-11(17)7-8-14/h4-6H,7-8H2,1-3H3. The van der Waals surface area contributed by atoms with Gasteiger partial charge in [0, 0.05) is 17.8 Å². The maximum atomic E-state index is 6.18. The van der Waals surface area contributed by atoms with Gasteiger partial charge in [-0.15, -0.1) is 11.6 Å². The third kappa shape index (κ3) is 2.29. The van der Waals surface area contributed by atoms with Crippen LogP contribution < -0.4 is 0 Å². The van der Waals surface area contributed by atoms with Crippen molar-refractivity contribution in [3.05, 3.63) is 29.0 Å². The minimum absolute atomic E-state index is 0.0270. The SMILES string of the molecule is CC(C)(C)n1c(CCCl)nc2c(Cl)cccc21. The van der Waals surface area contributed by atoms with E-state index in [0.717, 1.165) is 23.3 Å². The van der Waals surface area contributed by atoms with Gasteiger partial charge in [0.1, 0.15) is 11.3 Å². The van der Waals surface area contributed by atoms with E-state index >= 15 is 0 Å². The monoisotopic (exact) mass is 270 g/mol. The zero-order valence-corrected chi connectivity index (χ0v) is 11.8. The minimum atomic E-state index is -0.0270. The summed E-state index contributed by atoms with van der Waals surface area (Å²) >= 11 is 12.0. The fraction of sp³-hybridized carbons (Fsp3) is 0.462. The van der Waals surface area contributed by atoms with E-state index in [1.807, 2.05) is 12.1 Å². The first-order chi connectivity index (χ1) is 7.95. The summed E-state index contributed by atoms with van der Waals surface area (Å²) in [5.74, 6) is 1.56. The van der Waals surface area contributed by atoms with Crippen molar-refractivity contribution in [1.82, 2.24) is 9.55 Å². The van der Waals surface area contributed by atoms with Crippen LogP contribution in [-0.2, 0) is 12.0 Å². The Labute approximate surface area is 112 Å². The highest BCUT2D eigenvalue weighted by atomic mass is 35.5. The minimum Gasteiger partial charge on any atom is -0.323 e. The summed E-state index contributed by atoms with van der Waals surface area (Å²) in [5, 5.41) is 0.696. The number of aryl methyl sites for hydroxylation is 1. The number of hydrogen-bond donors (Lipinski definition) is 0. The van der Waals surface area contributed by atoms with Crippen molar-refractivity contribution in [3.8, 4) is 0 Å². The van der Waals surface area contributed by atoms with Gasteiger partial charge in [0.2, 0.25) is 0 Å².